The number of methoxy groups -OCH3 is 1. The van der Waals surface area contributed by atoms with E-state index in [1.807, 2.05) is 18.2 Å². The molecule has 0 spiro atoms. The average molecular weight is 555 g/mol. The monoisotopic (exact) mass is 554 g/mol. The number of halogens is 6. The molecule has 1 atom stereocenters. The summed E-state index contributed by atoms with van der Waals surface area (Å²) in [6, 6.07) is 15.2. The zero-order chi connectivity index (χ0) is 27.5. The van der Waals surface area contributed by atoms with Gasteiger partial charge in [0.15, 0.2) is 16.7 Å². The number of alkyl halides is 6. The maximum atomic E-state index is 13.4. The van der Waals surface area contributed by atoms with Crippen LogP contribution >= 0.6 is 11.8 Å². The maximum absolute atomic E-state index is 13.4. The molecule has 0 aliphatic carbocycles. The number of carbonyl (C=O) groups excluding carboxylic acids is 1. The SMILES string of the molecule is COc1cc(CC2SC(=Nc3ccccc3)NC2=O)ccc1OCc1ccc(C(F)(F)F)cc1C(F)(F)F. The summed E-state index contributed by atoms with van der Waals surface area (Å²) in [5, 5.41) is 2.74. The van der Waals surface area contributed by atoms with E-state index in [0.29, 0.717) is 28.9 Å². The minimum Gasteiger partial charge on any atom is -0.493 e. The van der Waals surface area contributed by atoms with Crippen LogP contribution in [0.25, 0.3) is 0 Å². The molecule has 1 N–H and O–H groups in total. The van der Waals surface area contributed by atoms with Gasteiger partial charge in [0.1, 0.15) is 6.61 Å². The number of amides is 1. The normalized spacial score (nSPS) is 17.0. The maximum Gasteiger partial charge on any atom is 0.416 e. The van der Waals surface area contributed by atoms with Gasteiger partial charge in [0.05, 0.1) is 29.2 Å². The molecule has 3 aromatic carbocycles. The third-order valence-corrected chi connectivity index (χ3v) is 6.62. The fourth-order valence-electron chi connectivity index (χ4n) is 3.68. The second-order valence-corrected chi connectivity index (χ2v) is 9.39. The number of rotatable bonds is 7. The highest BCUT2D eigenvalue weighted by molar-refractivity contribution is 8.15. The molecule has 3 aromatic rings. The average Bonchev–Trinajstić information content (AvgIpc) is 3.20. The highest BCUT2D eigenvalue weighted by Gasteiger charge is 2.38. The van der Waals surface area contributed by atoms with Gasteiger partial charge in [-0.15, -0.1) is 0 Å². The molecule has 4 rings (SSSR count). The largest absolute Gasteiger partial charge is 0.493 e. The first kappa shape index (κ1) is 27.4. The van der Waals surface area contributed by atoms with Crippen LogP contribution in [-0.2, 0) is 30.2 Å². The first-order chi connectivity index (χ1) is 17.9. The molecule has 1 saturated heterocycles. The first-order valence-corrected chi connectivity index (χ1v) is 12.0. The molecular formula is C26H20F6N2O3S. The summed E-state index contributed by atoms with van der Waals surface area (Å²) in [4.78, 5) is 16.8. The summed E-state index contributed by atoms with van der Waals surface area (Å²) in [5.41, 5.74) is -1.89. The van der Waals surface area contributed by atoms with E-state index in [-0.39, 0.29) is 23.5 Å². The van der Waals surface area contributed by atoms with Crippen LogP contribution in [0.4, 0.5) is 32.0 Å². The van der Waals surface area contributed by atoms with E-state index in [9.17, 15) is 31.1 Å². The van der Waals surface area contributed by atoms with E-state index < -0.39 is 40.9 Å². The van der Waals surface area contributed by atoms with Gasteiger partial charge in [-0.25, -0.2) is 4.99 Å². The molecule has 1 aliphatic heterocycles. The van der Waals surface area contributed by atoms with Gasteiger partial charge in [0.25, 0.3) is 0 Å². The molecular weight excluding hydrogens is 534 g/mol. The predicted octanol–water partition coefficient (Wildman–Crippen LogP) is 6.77. The molecule has 1 unspecified atom stereocenters. The highest BCUT2D eigenvalue weighted by atomic mass is 32.2. The van der Waals surface area contributed by atoms with Gasteiger partial charge in [-0.2, -0.15) is 26.3 Å². The summed E-state index contributed by atoms with van der Waals surface area (Å²) in [7, 11) is 1.34. The Kier molecular flexibility index (Phi) is 7.91. The Bertz CT molecular complexity index is 1340. The van der Waals surface area contributed by atoms with Crippen molar-refractivity contribution in [2.75, 3.05) is 7.11 Å². The van der Waals surface area contributed by atoms with Gasteiger partial charge in [0, 0.05) is 5.56 Å². The number of hydrogen-bond donors (Lipinski definition) is 1. The Hall–Kier alpha value is -3.67. The summed E-state index contributed by atoms with van der Waals surface area (Å²) >= 11 is 1.27. The Labute approximate surface area is 217 Å². The van der Waals surface area contributed by atoms with Crippen LogP contribution in [-0.4, -0.2) is 23.4 Å². The number of nitrogens with zero attached hydrogens (tertiary/aromatic N) is 1. The summed E-state index contributed by atoms with van der Waals surface area (Å²) in [5.74, 6) is 0.0784. The van der Waals surface area contributed by atoms with E-state index in [2.05, 4.69) is 10.3 Å². The van der Waals surface area contributed by atoms with Crippen LogP contribution in [0.15, 0.2) is 71.7 Å². The molecule has 200 valence electrons. The Morgan fingerprint density at radius 1 is 0.921 bits per heavy atom. The lowest BCUT2D eigenvalue weighted by atomic mass is 10.0. The van der Waals surface area contributed by atoms with Crippen LogP contribution in [0.5, 0.6) is 11.5 Å². The van der Waals surface area contributed by atoms with Gasteiger partial charge in [-0.1, -0.05) is 42.1 Å². The molecule has 1 aliphatic rings. The number of para-hydroxylation sites is 1. The summed E-state index contributed by atoms with van der Waals surface area (Å²) in [6.07, 6.45) is -9.60. The number of nitrogens with one attached hydrogen (secondary N) is 1. The molecule has 5 nitrogen and oxygen atoms in total. The number of aliphatic imine (C=N–C) groups is 1. The van der Waals surface area contributed by atoms with E-state index in [0.717, 1.165) is 6.07 Å². The van der Waals surface area contributed by atoms with E-state index >= 15 is 0 Å². The zero-order valence-corrected chi connectivity index (χ0v) is 20.5. The molecule has 38 heavy (non-hydrogen) atoms. The molecule has 1 heterocycles. The van der Waals surface area contributed by atoms with Crippen molar-refractivity contribution in [2.24, 2.45) is 4.99 Å². The van der Waals surface area contributed by atoms with Crippen LogP contribution in [0.1, 0.15) is 22.3 Å². The molecule has 12 heteroatoms. The molecule has 0 radical (unpaired) electrons. The standard InChI is InChI=1S/C26H20F6N2O3S/c1-36-21-11-15(12-22-23(35)34-24(38-22)33-18-5-3-2-4-6-18)7-10-20(21)37-14-16-8-9-17(25(27,28)29)13-19(16)26(30,31)32/h2-11,13,22H,12,14H2,1H3,(H,33,34,35). The molecule has 0 aromatic heterocycles. The third-order valence-electron chi connectivity index (χ3n) is 5.54. The van der Waals surface area contributed by atoms with Crippen LogP contribution < -0.4 is 14.8 Å². The minimum absolute atomic E-state index is 0.0681. The van der Waals surface area contributed by atoms with Gasteiger partial charge < -0.3 is 14.8 Å². The van der Waals surface area contributed by atoms with Gasteiger partial charge in [-0.05, 0) is 48.4 Å². The minimum atomic E-state index is -5.00. The van der Waals surface area contributed by atoms with Crippen molar-refractivity contribution in [2.45, 2.75) is 30.6 Å². The summed E-state index contributed by atoms with van der Waals surface area (Å²) in [6.45, 7) is -0.636. The zero-order valence-electron chi connectivity index (χ0n) is 19.7. The topological polar surface area (TPSA) is 59.9 Å². The smallest absolute Gasteiger partial charge is 0.416 e. The lowest BCUT2D eigenvalue weighted by molar-refractivity contribution is -0.143. The third kappa shape index (κ3) is 6.60. The Morgan fingerprint density at radius 3 is 2.32 bits per heavy atom. The number of ether oxygens (including phenoxy) is 2. The second-order valence-electron chi connectivity index (χ2n) is 8.19. The molecule has 0 saturated carbocycles. The highest BCUT2D eigenvalue weighted by Crippen LogP contribution is 2.38. The number of benzene rings is 3. The Morgan fingerprint density at radius 2 is 1.66 bits per heavy atom. The lowest BCUT2D eigenvalue weighted by Gasteiger charge is -2.17. The number of carbonyl (C=O) groups is 1. The van der Waals surface area contributed by atoms with Crippen molar-refractivity contribution in [1.82, 2.24) is 5.32 Å². The van der Waals surface area contributed by atoms with Crippen molar-refractivity contribution in [3.8, 4) is 11.5 Å². The predicted molar refractivity (Wildman–Crippen MR) is 131 cm³/mol. The van der Waals surface area contributed by atoms with Crippen molar-refractivity contribution in [3.05, 3.63) is 89.0 Å². The molecule has 1 amide bonds. The number of amidine groups is 1. The van der Waals surface area contributed by atoms with Gasteiger partial charge in [-0.3, -0.25) is 4.79 Å². The van der Waals surface area contributed by atoms with E-state index in [4.69, 9.17) is 9.47 Å². The lowest BCUT2D eigenvalue weighted by Crippen LogP contribution is -2.25. The van der Waals surface area contributed by atoms with Crippen LogP contribution in [0.3, 0.4) is 0 Å². The van der Waals surface area contributed by atoms with Crippen molar-refractivity contribution in [1.29, 1.82) is 0 Å². The van der Waals surface area contributed by atoms with E-state index in [1.54, 1.807) is 24.3 Å². The fraction of sp³-hybridized carbons (Fsp3) is 0.231. The molecule has 1 fully saturated rings. The fourth-order valence-corrected chi connectivity index (χ4v) is 4.71. The van der Waals surface area contributed by atoms with Crippen LogP contribution in [0.2, 0.25) is 0 Å². The van der Waals surface area contributed by atoms with Gasteiger partial charge >= 0.3 is 12.4 Å². The first-order valence-electron chi connectivity index (χ1n) is 11.1. The second kappa shape index (κ2) is 11.0. The quantitative estimate of drug-likeness (QED) is 0.328. The van der Waals surface area contributed by atoms with Crippen LogP contribution in [0, 0.1) is 0 Å². The molecule has 0 bridgehead atoms. The summed E-state index contributed by atoms with van der Waals surface area (Å²) < 4.78 is 89.8. The Balaban J connectivity index is 1.47. The van der Waals surface area contributed by atoms with E-state index in [1.165, 1.54) is 24.9 Å². The van der Waals surface area contributed by atoms with Crippen molar-refractivity contribution < 1.29 is 40.6 Å². The van der Waals surface area contributed by atoms with Crippen molar-refractivity contribution in [3.63, 3.8) is 0 Å². The number of hydrogen-bond acceptors (Lipinski definition) is 5. The van der Waals surface area contributed by atoms with Gasteiger partial charge in [0.2, 0.25) is 5.91 Å². The number of thioether (sulfide) groups is 1. The van der Waals surface area contributed by atoms with Crippen molar-refractivity contribution >= 4 is 28.5 Å².